The van der Waals surface area contributed by atoms with E-state index < -0.39 is 0 Å². The van der Waals surface area contributed by atoms with Crippen molar-refractivity contribution in [2.45, 2.75) is 0 Å². The molecule has 2 heterocycles. The maximum atomic E-state index is 13.7. The first-order chi connectivity index (χ1) is 11.1. The lowest BCUT2D eigenvalue weighted by Gasteiger charge is -1.97. The molecule has 0 atom stereocenters. The van der Waals surface area contributed by atoms with Crippen LogP contribution >= 0.6 is 27.3 Å². The molecule has 116 valence electrons. The molecule has 0 saturated carbocycles. The number of furan rings is 1. The SMILES string of the molecule is O=C(N/N=C\c1ccc(-c2ccccc2F)o1)c1ccc(Br)s1. The fourth-order valence-corrected chi connectivity index (χ4v) is 3.15. The Hall–Kier alpha value is -2.25. The van der Waals surface area contributed by atoms with Crippen molar-refractivity contribution in [2.24, 2.45) is 5.10 Å². The van der Waals surface area contributed by atoms with Crippen molar-refractivity contribution in [3.8, 4) is 11.3 Å². The molecule has 0 aliphatic rings. The molecule has 0 saturated heterocycles. The molecule has 2 aromatic heterocycles. The lowest BCUT2D eigenvalue weighted by Crippen LogP contribution is -2.15. The number of hydrazone groups is 1. The van der Waals surface area contributed by atoms with Crippen molar-refractivity contribution in [1.29, 1.82) is 0 Å². The minimum absolute atomic E-state index is 0.308. The van der Waals surface area contributed by atoms with Crippen LogP contribution in [0.3, 0.4) is 0 Å². The number of hydrogen-bond acceptors (Lipinski definition) is 4. The third-order valence-corrected chi connectivity index (χ3v) is 4.54. The summed E-state index contributed by atoms with van der Waals surface area (Å²) in [5, 5.41) is 3.84. The molecule has 3 rings (SSSR count). The van der Waals surface area contributed by atoms with Gasteiger partial charge in [-0.15, -0.1) is 11.3 Å². The number of nitrogens with one attached hydrogen (secondary N) is 1. The second kappa shape index (κ2) is 6.89. The van der Waals surface area contributed by atoms with E-state index in [1.54, 1.807) is 42.5 Å². The second-order valence-electron chi connectivity index (χ2n) is 4.48. The quantitative estimate of drug-likeness (QED) is 0.517. The molecule has 0 radical (unpaired) electrons. The second-order valence-corrected chi connectivity index (χ2v) is 6.95. The molecule has 4 nitrogen and oxygen atoms in total. The molecule has 1 aromatic carbocycles. The van der Waals surface area contributed by atoms with E-state index >= 15 is 0 Å². The highest BCUT2D eigenvalue weighted by atomic mass is 79.9. The number of nitrogens with zero attached hydrogens (tertiary/aromatic N) is 1. The first-order valence-corrected chi connectivity index (χ1v) is 8.18. The van der Waals surface area contributed by atoms with Crippen LogP contribution in [0.15, 0.2) is 61.8 Å². The van der Waals surface area contributed by atoms with Crippen molar-refractivity contribution >= 4 is 39.4 Å². The van der Waals surface area contributed by atoms with Crippen LogP contribution in [-0.4, -0.2) is 12.1 Å². The van der Waals surface area contributed by atoms with E-state index in [1.807, 2.05) is 0 Å². The molecular formula is C16H10BrFN2O2S. The summed E-state index contributed by atoms with van der Waals surface area (Å²) < 4.78 is 20.0. The van der Waals surface area contributed by atoms with Gasteiger partial charge < -0.3 is 4.42 Å². The first-order valence-electron chi connectivity index (χ1n) is 6.57. The Balaban J connectivity index is 1.67. The summed E-state index contributed by atoms with van der Waals surface area (Å²) in [6, 6.07) is 13.1. The van der Waals surface area contributed by atoms with E-state index in [1.165, 1.54) is 23.6 Å². The number of halogens is 2. The van der Waals surface area contributed by atoms with Crippen molar-refractivity contribution in [1.82, 2.24) is 5.43 Å². The maximum Gasteiger partial charge on any atom is 0.281 e. The zero-order chi connectivity index (χ0) is 16.2. The van der Waals surface area contributed by atoms with Gasteiger partial charge in [0.1, 0.15) is 17.3 Å². The van der Waals surface area contributed by atoms with E-state index in [2.05, 4.69) is 26.5 Å². The summed E-state index contributed by atoms with van der Waals surface area (Å²) in [5.41, 5.74) is 2.78. The van der Waals surface area contributed by atoms with Crippen LogP contribution in [0, 0.1) is 5.82 Å². The topological polar surface area (TPSA) is 54.6 Å². The standard InChI is InChI=1S/C16H10BrFN2O2S/c17-15-8-7-14(23-15)16(21)20-19-9-10-5-6-13(22-10)11-3-1-2-4-12(11)18/h1-9H,(H,20,21)/b19-9-. The van der Waals surface area contributed by atoms with Crippen LogP contribution in [-0.2, 0) is 0 Å². The molecule has 3 aromatic rings. The van der Waals surface area contributed by atoms with Gasteiger partial charge in [-0.05, 0) is 52.3 Å². The van der Waals surface area contributed by atoms with Gasteiger partial charge in [0.15, 0.2) is 0 Å². The van der Waals surface area contributed by atoms with Crippen LogP contribution in [0.25, 0.3) is 11.3 Å². The van der Waals surface area contributed by atoms with Crippen LogP contribution < -0.4 is 5.43 Å². The van der Waals surface area contributed by atoms with Gasteiger partial charge in [-0.2, -0.15) is 5.10 Å². The zero-order valence-electron chi connectivity index (χ0n) is 11.6. The molecule has 0 aliphatic heterocycles. The highest BCUT2D eigenvalue weighted by molar-refractivity contribution is 9.11. The van der Waals surface area contributed by atoms with Crippen molar-refractivity contribution < 1.29 is 13.6 Å². The van der Waals surface area contributed by atoms with E-state index in [0.29, 0.717) is 22.0 Å². The number of thiophene rings is 1. The van der Waals surface area contributed by atoms with E-state index in [4.69, 9.17) is 4.42 Å². The highest BCUT2D eigenvalue weighted by Crippen LogP contribution is 2.24. The molecule has 0 spiro atoms. The number of carbonyl (C=O) groups is 1. The summed E-state index contributed by atoms with van der Waals surface area (Å²) in [7, 11) is 0. The van der Waals surface area contributed by atoms with Crippen LogP contribution in [0.4, 0.5) is 4.39 Å². The third kappa shape index (κ3) is 3.75. The van der Waals surface area contributed by atoms with E-state index in [-0.39, 0.29) is 11.7 Å². The summed E-state index contributed by atoms with van der Waals surface area (Å²) in [6.07, 6.45) is 1.37. The normalized spacial score (nSPS) is 11.0. The van der Waals surface area contributed by atoms with Gasteiger partial charge in [0.25, 0.3) is 5.91 Å². The monoisotopic (exact) mass is 392 g/mol. The molecule has 0 fully saturated rings. The summed E-state index contributed by atoms with van der Waals surface area (Å²) in [5.74, 6) is 0.147. The average molecular weight is 393 g/mol. The smallest absolute Gasteiger partial charge is 0.281 e. The lowest BCUT2D eigenvalue weighted by atomic mass is 10.1. The predicted molar refractivity (Wildman–Crippen MR) is 91.2 cm³/mol. The largest absolute Gasteiger partial charge is 0.455 e. The molecule has 23 heavy (non-hydrogen) atoms. The van der Waals surface area contributed by atoms with Gasteiger partial charge in [0.2, 0.25) is 0 Å². The Morgan fingerprint density at radius 1 is 1.22 bits per heavy atom. The Morgan fingerprint density at radius 3 is 2.78 bits per heavy atom. The number of benzene rings is 1. The number of rotatable bonds is 4. The fraction of sp³-hybridized carbons (Fsp3) is 0. The minimum Gasteiger partial charge on any atom is -0.455 e. The summed E-state index contributed by atoms with van der Waals surface area (Å²) >= 11 is 4.60. The first kappa shape index (κ1) is 15.6. The Bertz CT molecular complexity index is 872. The fourth-order valence-electron chi connectivity index (χ4n) is 1.87. The molecule has 0 unspecified atom stereocenters. The van der Waals surface area contributed by atoms with Crippen LogP contribution in [0.5, 0.6) is 0 Å². The van der Waals surface area contributed by atoms with Gasteiger partial charge in [0.05, 0.1) is 20.4 Å². The average Bonchev–Trinajstić information content (AvgIpc) is 3.17. The molecular weight excluding hydrogens is 383 g/mol. The van der Waals surface area contributed by atoms with Crippen molar-refractivity contribution in [3.05, 3.63) is 68.8 Å². The molecule has 0 aliphatic carbocycles. The van der Waals surface area contributed by atoms with Crippen molar-refractivity contribution in [3.63, 3.8) is 0 Å². The Labute approximate surface area is 143 Å². The van der Waals surface area contributed by atoms with Crippen molar-refractivity contribution in [2.75, 3.05) is 0 Å². The van der Waals surface area contributed by atoms with E-state index in [0.717, 1.165) is 3.79 Å². The third-order valence-electron chi connectivity index (χ3n) is 2.92. The predicted octanol–water partition coefficient (Wildman–Crippen LogP) is 4.67. The van der Waals surface area contributed by atoms with Gasteiger partial charge in [0, 0.05) is 0 Å². The molecule has 7 heteroatoms. The maximum absolute atomic E-state index is 13.7. The van der Waals surface area contributed by atoms with Gasteiger partial charge in [-0.3, -0.25) is 4.79 Å². The molecule has 1 amide bonds. The molecule has 1 N–H and O–H groups in total. The van der Waals surface area contributed by atoms with E-state index in [9.17, 15) is 9.18 Å². The van der Waals surface area contributed by atoms with Crippen LogP contribution in [0.1, 0.15) is 15.4 Å². The highest BCUT2D eigenvalue weighted by Gasteiger charge is 2.09. The minimum atomic E-state index is -0.359. The van der Waals surface area contributed by atoms with Gasteiger partial charge >= 0.3 is 0 Å². The Kier molecular flexibility index (Phi) is 4.68. The molecule has 0 bridgehead atoms. The van der Waals surface area contributed by atoms with Crippen LogP contribution in [0.2, 0.25) is 0 Å². The Morgan fingerprint density at radius 2 is 2.04 bits per heavy atom. The summed E-state index contributed by atoms with van der Waals surface area (Å²) in [6.45, 7) is 0. The number of carbonyl (C=O) groups excluding carboxylic acids is 1. The summed E-state index contributed by atoms with van der Waals surface area (Å²) in [4.78, 5) is 12.3. The van der Waals surface area contributed by atoms with Gasteiger partial charge in [-0.25, -0.2) is 9.82 Å². The lowest BCUT2D eigenvalue weighted by molar-refractivity contribution is 0.0959. The number of hydrogen-bond donors (Lipinski definition) is 1. The number of amides is 1. The van der Waals surface area contributed by atoms with Gasteiger partial charge in [-0.1, -0.05) is 12.1 Å². The zero-order valence-corrected chi connectivity index (χ0v) is 14.0.